The zero-order valence-corrected chi connectivity index (χ0v) is 13.9. The maximum absolute atomic E-state index is 13.6. The zero-order valence-electron chi connectivity index (χ0n) is 9.93. The Balaban J connectivity index is 2.45. The summed E-state index contributed by atoms with van der Waals surface area (Å²) in [5, 5.41) is 3.24. The summed E-state index contributed by atoms with van der Waals surface area (Å²) < 4.78 is 15.2. The first-order chi connectivity index (χ1) is 8.52. The Bertz CT molecular complexity index is 568. The third kappa shape index (κ3) is 2.85. The van der Waals surface area contributed by atoms with Gasteiger partial charge in [0, 0.05) is 4.88 Å². The molecule has 0 radical (unpaired) electrons. The van der Waals surface area contributed by atoms with Gasteiger partial charge in [0.05, 0.1) is 14.3 Å². The van der Waals surface area contributed by atoms with Crippen molar-refractivity contribution in [3.05, 3.63) is 54.3 Å². The van der Waals surface area contributed by atoms with Gasteiger partial charge in [-0.3, -0.25) is 0 Å². The second-order valence-electron chi connectivity index (χ2n) is 3.96. The van der Waals surface area contributed by atoms with E-state index in [9.17, 15) is 4.39 Å². The average molecular weight is 393 g/mol. The van der Waals surface area contributed by atoms with Gasteiger partial charge < -0.3 is 5.32 Å². The molecule has 1 atom stereocenters. The van der Waals surface area contributed by atoms with E-state index in [2.05, 4.69) is 50.2 Å². The lowest BCUT2D eigenvalue weighted by Crippen LogP contribution is -2.18. The average Bonchev–Trinajstić information content (AvgIpc) is 2.64. The Morgan fingerprint density at radius 2 is 2.00 bits per heavy atom. The minimum absolute atomic E-state index is 0.00940. The highest BCUT2D eigenvalue weighted by atomic mass is 79.9. The molecule has 96 valence electrons. The highest BCUT2D eigenvalue weighted by Crippen LogP contribution is 2.34. The molecule has 2 aromatic rings. The fourth-order valence-electron chi connectivity index (χ4n) is 1.94. The topological polar surface area (TPSA) is 12.0 Å². The molecule has 1 unspecified atom stereocenters. The van der Waals surface area contributed by atoms with Gasteiger partial charge in [-0.05, 0) is 75.2 Å². The van der Waals surface area contributed by atoms with E-state index in [0.717, 1.165) is 9.35 Å². The van der Waals surface area contributed by atoms with Crippen LogP contribution in [0.15, 0.2) is 32.5 Å². The Hall–Kier alpha value is -0.230. The minimum atomic E-state index is -0.236. The Labute approximate surface area is 127 Å². The molecule has 0 saturated heterocycles. The quantitative estimate of drug-likeness (QED) is 0.772. The van der Waals surface area contributed by atoms with E-state index in [1.54, 1.807) is 23.5 Å². The Morgan fingerprint density at radius 1 is 1.28 bits per heavy atom. The molecule has 0 spiro atoms. The molecule has 0 fully saturated rings. The highest BCUT2D eigenvalue weighted by Gasteiger charge is 2.17. The van der Waals surface area contributed by atoms with Crippen LogP contribution in [0.3, 0.4) is 0 Å². The Kier molecular flexibility index (Phi) is 4.59. The molecule has 0 aliphatic heterocycles. The predicted molar refractivity (Wildman–Crippen MR) is 81.8 cm³/mol. The molecule has 1 aromatic carbocycles. The highest BCUT2D eigenvalue weighted by molar-refractivity contribution is 9.11. The van der Waals surface area contributed by atoms with E-state index in [1.807, 2.05) is 13.1 Å². The van der Waals surface area contributed by atoms with Crippen LogP contribution in [-0.4, -0.2) is 7.05 Å². The summed E-state index contributed by atoms with van der Waals surface area (Å²) in [5.41, 5.74) is 2.10. The SMILES string of the molecule is CNC(c1ccc(Br)c(F)c1)c1cc(Br)sc1C. The van der Waals surface area contributed by atoms with Gasteiger partial charge in [-0.2, -0.15) is 0 Å². The van der Waals surface area contributed by atoms with Crippen LogP contribution >= 0.6 is 43.2 Å². The second-order valence-corrected chi connectivity index (χ2v) is 7.45. The van der Waals surface area contributed by atoms with Crippen molar-refractivity contribution in [2.24, 2.45) is 0 Å². The monoisotopic (exact) mass is 391 g/mol. The fraction of sp³-hybridized carbons (Fsp3) is 0.231. The number of hydrogen-bond acceptors (Lipinski definition) is 2. The van der Waals surface area contributed by atoms with Gasteiger partial charge in [-0.15, -0.1) is 11.3 Å². The summed E-state index contributed by atoms with van der Waals surface area (Å²) in [6, 6.07) is 7.33. The maximum Gasteiger partial charge on any atom is 0.137 e. The summed E-state index contributed by atoms with van der Waals surface area (Å²) in [6.45, 7) is 2.07. The number of rotatable bonds is 3. The second kappa shape index (κ2) is 5.82. The molecule has 1 N–H and O–H groups in total. The van der Waals surface area contributed by atoms with Crippen LogP contribution in [0.25, 0.3) is 0 Å². The van der Waals surface area contributed by atoms with Crippen molar-refractivity contribution >= 4 is 43.2 Å². The summed E-state index contributed by atoms with van der Waals surface area (Å²) in [4.78, 5) is 1.23. The van der Waals surface area contributed by atoms with Crippen molar-refractivity contribution < 1.29 is 4.39 Å². The standard InChI is InChI=1S/C13H12Br2FNS/c1-7-9(6-12(15)18-7)13(17-2)8-3-4-10(14)11(16)5-8/h3-6,13,17H,1-2H3. The van der Waals surface area contributed by atoms with Crippen molar-refractivity contribution in [1.29, 1.82) is 0 Å². The molecule has 1 heterocycles. The third-order valence-electron chi connectivity index (χ3n) is 2.80. The van der Waals surface area contributed by atoms with Gasteiger partial charge in [-0.25, -0.2) is 4.39 Å². The fourth-order valence-corrected chi connectivity index (χ4v) is 3.93. The van der Waals surface area contributed by atoms with Gasteiger partial charge in [0.15, 0.2) is 0 Å². The van der Waals surface area contributed by atoms with Gasteiger partial charge in [-0.1, -0.05) is 6.07 Å². The first-order valence-electron chi connectivity index (χ1n) is 5.41. The van der Waals surface area contributed by atoms with Crippen molar-refractivity contribution in [3.63, 3.8) is 0 Å². The third-order valence-corrected chi connectivity index (χ3v) is 5.02. The van der Waals surface area contributed by atoms with Crippen molar-refractivity contribution in [2.75, 3.05) is 7.05 Å². The van der Waals surface area contributed by atoms with E-state index < -0.39 is 0 Å². The lowest BCUT2D eigenvalue weighted by atomic mass is 10.00. The predicted octanol–water partition coefficient (Wildman–Crippen LogP) is 5.03. The molecule has 0 saturated carbocycles. The normalized spacial score (nSPS) is 12.7. The zero-order chi connectivity index (χ0) is 13.3. The number of thiophene rings is 1. The van der Waals surface area contributed by atoms with Gasteiger partial charge in [0.25, 0.3) is 0 Å². The van der Waals surface area contributed by atoms with Crippen LogP contribution in [0, 0.1) is 12.7 Å². The van der Waals surface area contributed by atoms with Crippen molar-refractivity contribution in [3.8, 4) is 0 Å². The molecule has 0 amide bonds. The molecule has 2 rings (SSSR count). The number of benzene rings is 1. The van der Waals surface area contributed by atoms with E-state index in [-0.39, 0.29) is 11.9 Å². The maximum atomic E-state index is 13.6. The van der Waals surface area contributed by atoms with E-state index >= 15 is 0 Å². The van der Waals surface area contributed by atoms with Crippen molar-refractivity contribution in [2.45, 2.75) is 13.0 Å². The van der Waals surface area contributed by atoms with Crippen LogP contribution in [-0.2, 0) is 0 Å². The number of hydrogen-bond donors (Lipinski definition) is 1. The number of aryl methyl sites for hydroxylation is 1. The van der Waals surface area contributed by atoms with Gasteiger partial charge in [0.2, 0.25) is 0 Å². The number of halogens is 3. The summed E-state index contributed by atoms with van der Waals surface area (Å²) in [6.07, 6.45) is 0. The molecule has 18 heavy (non-hydrogen) atoms. The summed E-state index contributed by atoms with van der Waals surface area (Å²) in [7, 11) is 1.88. The number of nitrogens with one attached hydrogen (secondary N) is 1. The van der Waals surface area contributed by atoms with Crippen LogP contribution in [0.5, 0.6) is 0 Å². The van der Waals surface area contributed by atoms with E-state index in [1.165, 1.54) is 10.4 Å². The first-order valence-corrected chi connectivity index (χ1v) is 7.81. The van der Waals surface area contributed by atoms with Crippen LogP contribution < -0.4 is 5.32 Å². The smallest absolute Gasteiger partial charge is 0.137 e. The summed E-state index contributed by atoms with van der Waals surface area (Å²) in [5.74, 6) is -0.236. The molecule has 1 aromatic heterocycles. The summed E-state index contributed by atoms with van der Waals surface area (Å²) >= 11 is 8.35. The van der Waals surface area contributed by atoms with Crippen LogP contribution in [0.2, 0.25) is 0 Å². The van der Waals surface area contributed by atoms with E-state index in [4.69, 9.17) is 0 Å². The molecular formula is C13H12Br2FNS. The Morgan fingerprint density at radius 3 is 2.50 bits per heavy atom. The molecule has 0 aliphatic carbocycles. The van der Waals surface area contributed by atoms with Crippen molar-refractivity contribution in [1.82, 2.24) is 5.32 Å². The molecule has 1 nitrogen and oxygen atoms in total. The molecule has 0 aliphatic rings. The molecule has 0 bridgehead atoms. The van der Waals surface area contributed by atoms with Crippen LogP contribution in [0.1, 0.15) is 22.0 Å². The lowest BCUT2D eigenvalue weighted by Gasteiger charge is -2.17. The molecular weight excluding hydrogens is 381 g/mol. The van der Waals surface area contributed by atoms with Crippen LogP contribution in [0.4, 0.5) is 4.39 Å². The largest absolute Gasteiger partial charge is 0.309 e. The van der Waals surface area contributed by atoms with E-state index in [0.29, 0.717) is 4.47 Å². The lowest BCUT2D eigenvalue weighted by molar-refractivity contribution is 0.610. The minimum Gasteiger partial charge on any atom is -0.309 e. The van der Waals surface area contributed by atoms with Gasteiger partial charge in [0.1, 0.15) is 5.82 Å². The van der Waals surface area contributed by atoms with Gasteiger partial charge >= 0.3 is 0 Å². The first kappa shape index (κ1) is 14.2. The molecule has 5 heteroatoms.